The average molecular weight is 216 g/mol. The van der Waals surface area contributed by atoms with Gasteiger partial charge in [0, 0.05) is 18.7 Å². The molecule has 0 aliphatic carbocycles. The number of piperidine rings is 1. The molecule has 0 radical (unpaired) electrons. The van der Waals surface area contributed by atoms with E-state index in [1.165, 1.54) is 18.4 Å². The van der Waals surface area contributed by atoms with E-state index in [2.05, 4.69) is 45.2 Å². The first-order chi connectivity index (χ1) is 7.84. The van der Waals surface area contributed by atoms with Crippen molar-refractivity contribution in [3.8, 4) is 0 Å². The molecule has 1 aliphatic rings. The van der Waals surface area contributed by atoms with Gasteiger partial charge in [-0.05, 0) is 44.0 Å². The molecule has 0 saturated carbocycles. The second kappa shape index (κ2) is 3.87. The van der Waals surface area contributed by atoms with Crippen molar-refractivity contribution >= 4 is 5.65 Å². The minimum absolute atomic E-state index is 0.506. The van der Waals surface area contributed by atoms with E-state index in [4.69, 9.17) is 0 Å². The van der Waals surface area contributed by atoms with Crippen LogP contribution in [0.1, 0.15) is 30.1 Å². The first-order valence-electron chi connectivity index (χ1n) is 5.86. The Balaban J connectivity index is 2.03. The summed E-state index contributed by atoms with van der Waals surface area (Å²) in [4.78, 5) is 0. The van der Waals surface area contributed by atoms with E-state index >= 15 is 0 Å². The van der Waals surface area contributed by atoms with Gasteiger partial charge in [0.25, 0.3) is 0 Å². The molecule has 0 aromatic carbocycles. The molecule has 1 unspecified atom stereocenters. The molecule has 2 aromatic rings. The van der Waals surface area contributed by atoms with Crippen LogP contribution in [-0.2, 0) is 0 Å². The molecular weight excluding hydrogens is 200 g/mol. The maximum atomic E-state index is 4.33. The van der Waals surface area contributed by atoms with Crippen LogP contribution in [0.4, 0.5) is 0 Å². The number of fused-ring (bicyclic) bond motifs is 1. The van der Waals surface area contributed by atoms with Gasteiger partial charge < -0.3 is 5.32 Å². The van der Waals surface area contributed by atoms with Gasteiger partial charge in [-0.15, -0.1) is 10.2 Å². The Morgan fingerprint density at radius 1 is 1.44 bits per heavy atom. The number of rotatable bonds is 1. The predicted octanol–water partition coefficient (Wildman–Crippen LogP) is 1.50. The van der Waals surface area contributed by atoms with E-state index in [0.29, 0.717) is 5.92 Å². The van der Waals surface area contributed by atoms with Crippen LogP contribution in [0.5, 0.6) is 0 Å². The zero-order valence-corrected chi connectivity index (χ0v) is 9.48. The fraction of sp³-hybridized carbons (Fsp3) is 0.500. The molecule has 4 nitrogen and oxygen atoms in total. The lowest BCUT2D eigenvalue weighted by molar-refractivity contribution is 0.444. The number of hydrogen-bond donors (Lipinski definition) is 1. The van der Waals surface area contributed by atoms with Gasteiger partial charge in [0.1, 0.15) is 5.82 Å². The Morgan fingerprint density at radius 3 is 3.19 bits per heavy atom. The van der Waals surface area contributed by atoms with Crippen molar-refractivity contribution in [2.45, 2.75) is 25.7 Å². The summed E-state index contributed by atoms with van der Waals surface area (Å²) in [5.41, 5.74) is 2.19. The van der Waals surface area contributed by atoms with E-state index in [1.807, 2.05) is 0 Å². The molecule has 16 heavy (non-hydrogen) atoms. The topological polar surface area (TPSA) is 42.2 Å². The van der Waals surface area contributed by atoms with E-state index < -0.39 is 0 Å². The maximum Gasteiger partial charge on any atom is 0.161 e. The second-order valence-corrected chi connectivity index (χ2v) is 4.53. The number of aryl methyl sites for hydroxylation is 1. The van der Waals surface area contributed by atoms with Crippen LogP contribution < -0.4 is 5.32 Å². The van der Waals surface area contributed by atoms with Crippen LogP contribution in [0.15, 0.2) is 18.3 Å². The van der Waals surface area contributed by atoms with Crippen molar-refractivity contribution in [3.63, 3.8) is 0 Å². The molecule has 1 saturated heterocycles. The SMILES string of the molecule is Cc1ccn2c(C3CCCNC3)nnc2c1. The summed E-state index contributed by atoms with van der Waals surface area (Å²) < 4.78 is 2.12. The monoisotopic (exact) mass is 216 g/mol. The molecule has 3 rings (SSSR count). The van der Waals surface area contributed by atoms with Gasteiger partial charge in [0.05, 0.1) is 0 Å². The van der Waals surface area contributed by atoms with Crippen LogP contribution in [0.25, 0.3) is 5.65 Å². The van der Waals surface area contributed by atoms with E-state index in [9.17, 15) is 0 Å². The smallest absolute Gasteiger partial charge is 0.161 e. The number of aromatic nitrogens is 3. The summed E-state index contributed by atoms with van der Waals surface area (Å²) >= 11 is 0. The van der Waals surface area contributed by atoms with Crippen LogP contribution >= 0.6 is 0 Å². The second-order valence-electron chi connectivity index (χ2n) is 4.53. The van der Waals surface area contributed by atoms with Gasteiger partial charge in [0.2, 0.25) is 0 Å². The van der Waals surface area contributed by atoms with Gasteiger partial charge in [0.15, 0.2) is 5.65 Å². The van der Waals surface area contributed by atoms with Crippen molar-refractivity contribution < 1.29 is 0 Å². The first-order valence-corrected chi connectivity index (χ1v) is 5.86. The summed E-state index contributed by atoms with van der Waals surface area (Å²) in [6.45, 7) is 4.23. The highest BCUT2D eigenvalue weighted by Crippen LogP contribution is 2.22. The summed E-state index contributed by atoms with van der Waals surface area (Å²) in [5.74, 6) is 1.61. The number of hydrogen-bond acceptors (Lipinski definition) is 3. The lowest BCUT2D eigenvalue weighted by Crippen LogP contribution is -2.29. The van der Waals surface area contributed by atoms with Gasteiger partial charge in [-0.3, -0.25) is 4.40 Å². The molecule has 1 atom stereocenters. The predicted molar refractivity (Wildman–Crippen MR) is 62.6 cm³/mol. The van der Waals surface area contributed by atoms with Gasteiger partial charge in [-0.2, -0.15) is 0 Å². The number of nitrogens with zero attached hydrogens (tertiary/aromatic N) is 3. The van der Waals surface area contributed by atoms with Crippen LogP contribution in [0, 0.1) is 6.92 Å². The third-order valence-corrected chi connectivity index (χ3v) is 3.25. The molecule has 4 heteroatoms. The Morgan fingerprint density at radius 2 is 2.38 bits per heavy atom. The lowest BCUT2D eigenvalue weighted by atomic mass is 9.99. The van der Waals surface area contributed by atoms with Crippen molar-refractivity contribution in [2.24, 2.45) is 0 Å². The van der Waals surface area contributed by atoms with Crippen molar-refractivity contribution in [1.29, 1.82) is 0 Å². The first kappa shape index (κ1) is 9.78. The normalized spacial score (nSPS) is 21.4. The Labute approximate surface area is 94.7 Å². The molecular formula is C12H16N4. The Kier molecular flexibility index (Phi) is 2.36. The zero-order valence-electron chi connectivity index (χ0n) is 9.48. The highest BCUT2D eigenvalue weighted by molar-refractivity contribution is 5.41. The third-order valence-electron chi connectivity index (χ3n) is 3.25. The fourth-order valence-corrected chi connectivity index (χ4v) is 2.36. The molecule has 1 fully saturated rings. The van der Waals surface area contributed by atoms with Crippen molar-refractivity contribution in [2.75, 3.05) is 13.1 Å². The van der Waals surface area contributed by atoms with Crippen LogP contribution in [0.3, 0.4) is 0 Å². The fourth-order valence-electron chi connectivity index (χ4n) is 2.36. The Hall–Kier alpha value is -1.42. The maximum absolute atomic E-state index is 4.33. The molecule has 84 valence electrons. The van der Waals surface area contributed by atoms with Crippen LogP contribution in [0.2, 0.25) is 0 Å². The van der Waals surface area contributed by atoms with E-state index in [1.54, 1.807) is 0 Å². The number of nitrogens with one attached hydrogen (secondary N) is 1. The molecule has 3 heterocycles. The van der Waals surface area contributed by atoms with Crippen molar-refractivity contribution in [3.05, 3.63) is 29.7 Å². The molecule has 0 spiro atoms. The van der Waals surface area contributed by atoms with Gasteiger partial charge in [-0.1, -0.05) is 0 Å². The largest absolute Gasteiger partial charge is 0.316 e. The van der Waals surface area contributed by atoms with E-state index in [0.717, 1.165) is 24.6 Å². The molecule has 1 aliphatic heterocycles. The van der Waals surface area contributed by atoms with Crippen molar-refractivity contribution in [1.82, 2.24) is 19.9 Å². The molecule has 0 bridgehead atoms. The summed E-state index contributed by atoms with van der Waals surface area (Å²) in [7, 11) is 0. The third kappa shape index (κ3) is 1.59. The van der Waals surface area contributed by atoms with E-state index in [-0.39, 0.29) is 0 Å². The standard InChI is InChI=1S/C12H16N4/c1-9-4-6-16-11(7-9)14-15-12(16)10-3-2-5-13-8-10/h4,6-7,10,13H,2-3,5,8H2,1H3. The average Bonchev–Trinajstić information content (AvgIpc) is 2.73. The molecule has 1 N–H and O–H groups in total. The minimum Gasteiger partial charge on any atom is -0.316 e. The quantitative estimate of drug-likeness (QED) is 0.785. The highest BCUT2D eigenvalue weighted by atomic mass is 15.2. The summed E-state index contributed by atoms with van der Waals surface area (Å²) in [6, 6.07) is 4.18. The highest BCUT2D eigenvalue weighted by Gasteiger charge is 2.20. The van der Waals surface area contributed by atoms with Gasteiger partial charge >= 0.3 is 0 Å². The lowest BCUT2D eigenvalue weighted by Gasteiger charge is -2.21. The summed E-state index contributed by atoms with van der Waals surface area (Å²) in [5, 5.41) is 12.0. The number of pyridine rings is 1. The minimum atomic E-state index is 0.506. The summed E-state index contributed by atoms with van der Waals surface area (Å²) in [6.07, 6.45) is 4.52. The Bertz CT molecular complexity index is 497. The molecule has 0 amide bonds. The zero-order chi connectivity index (χ0) is 11.0. The van der Waals surface area contributed by atoms with Gasteiger partial charge in [-0.25, -0.2) is 0 Å². The molecule has 2 aromatic heterocycles. The van der Waals surface area contributed by atoms with Crippen LogP contribution in [-0.4, -0.2) is 27.7 Å².